The largest absolute Gasteiger partial charge is 0.444 e. The third-order valence-corrected chi connectivity index (χ3v) is 4.12. The summed E-state index contributed by atoms with van der Waals surface area (Å²) in [5, 5.41) is 2.52. The molecule has 2 atom stereocenters. The Bertz CT molecular complexity index is 599. The van der Waals surface area contributed by atoms with Crippen molar-refractivity contribution >= 4 is 23.8 Å². The fourth-order valence-electron chi connectivity index (χ4n) is 2.89. The summed E-state index contributed by atoms with van der Waals surface area (Å²) in [5.41, 5.74) is 4.64. The van der Waals surface area contributed by atoms with Crippen LogP contribution in [0.5, 0.6) is 0 Å². The van der Waals surface area contributed by atoms with Gasteiger partial charge >= 0.3 is 6.09 Å². The fraction of sp³-hybridized carbons (Fsp3) is 0.667. The molecule has 3 N–H and O–H groups in total. The van der Waals surface area contributed by atoms with Crippen LogP contribution in [-0.2, 0) is 19.1 Å². The van der Waals surface area contributed by atoms with Crippen molar-refractivity contribution in [3.05, 3.63) is 12.7 Å². The van der Waals surface area contributed by atoms with Gasteiger partial charge in [0.15, 0.2) is 0 Å². The maximum atomic E-state index is 13.0. The summed E-state index contributed by atoms with van der Waals surface area (Å²) in [6.45, 7) is 10.9. The first-order valence-electron chi connectivity index (χ1n) is 9.00. The van der Waals surface area contributed by atoms with E-state index in [9.17, 15) is 19.2 Å². The standard InChI is InChI=1S/C18H30N4O5/c1-6-14(23)21(7-2)11-12(20-17(26)27-18(3,4)5)16(25)22-10-8-9-13(22)15(19)24/h6,12-13H,1,7-11H2,2-5H3,(H2,19,24)(H,20,26)/t12-,13?/m0/s1. The van der Waals surface area contributed by atoms with E-state index in [0.29, 0.717) is 25.9 Å². The van der Waals surface area contributed by atoms with Gasteiger partial charge in [0.2, 0.25) is 17.7 Å². The molecule has 0 spiro atoms. The molecule has 9 heteroatoms. The van der Waals surface area contributed by atoms with E-state index in [4.69, 9.17) is 10.5 Å². The van der Waals surface area contributed by atoms with Crippen LogP contribution < -0.4 is 11.1 Å². The average Bonchev–Trinajstić information content (AvgIpc) is 3.05. The lowest BCUT2D eigenvalue weighted by molar-refractivity contribution is -0.140. The molecule has 1 aliphatic rings. The highest BCUT2D eigenvalue weighted by molar-refractivity contribution is 5.92. The van der Waals surface area contributed by atoms with Crippen LogP contribution in [-0.4, -0.2) is 70.9 Å². The number of alkyl carbamates (subject to hydrolysis) is 1. The molecule has 0 aromatic carbocycles. The van der Waals surface area contributed by atoms with Crippen molar-refractivity contribution in [2.24, 2.45) is 5.73 Å². The van der Waals surface area contributed by atoms with Crippen molar-refractivity contribution in [1.82, 2.24) is 15.1 Å². The fourth-order valence-corrected chi connectivity index (χ4v) is 2.89. The maximum Gasteiger partial charge on any atom is 0.408 e. The number of likely N-dealkylation sites (N-methyl/N-ethyl adjacent to an activating group) is 1. The SMILES string of the molecule is C=CC(=O)N(CC)C[C@H](NC(=O)OC(C)(C)C)C(=O)N1CCCC1C(N)=O. The molecular weight excluding hydrogens is 352 g/mol. The molecule has 9 nitrogen and oxygen atoms in total. The number of rotatable bonds is 7. The van der Waals surface area contributed by atoms with Gasteiger partial charge in [-0.2, -0.15) is 0 Å². The molecule has 27 heavy (non-hydrogen) atoms. The molecule has 4 amide bonds. The van der Waals surface area contributed by atoms with Gasteiger partial charge in [0, 0.05) is 13.1 Å². The molecule has 1 fully saturated rings. The number of hydrogen-bond acceptors (Lipinski definition) is 5. The Balaban J connectivity index is 3.03. The molecule has 1 heterocycles. The van der Waals surface area contributed by atoms with Gasteiger partial charge in [-0.15, -0.1) is 0 Å². The predicted molar refractivity (Wildman–Crippen MR) is 99.5 cm³/mol. The predicted octanol–water partition coefficient (Wildman–Crippen LogP) is 0.391. The zero-order valence-corrected chi connectivity index (χ0v) is 16.5. The van der Waals surface area contributed by atoms with Gasteiger partial charge in [-0.1, -0.05) is 6.58 Å². The molecule has 0 aromatic rings. The minimum absolute atomic E-state index is 0.0680. The number of nitrogens with zero attached hydrogens (tertiary/aromatic N) is 2. The van der Waals surface area contributed by atoms with Crippen LogP contribution in [0.15, 0.2) is 12.7 Å². The van der Waals surface area contributed by atoms with Crippen molar-refractivity contribution in [1.29, 1.82) is 0 Å². The quantitative estimate of drug-likeness (QED) is 0.617. The average molecular weight is 382 g/mol. The Labute approximate surface area is 159 Å². The number of amides is 4. The van der Waals surface area contributed by atoms with Gasteiger partial charge < -0.3 is 25.6 Å². The Morgan fingerprint density at radius 2 is 2.00 bits per heavy atom. The van der Waals surface area contributed by atoms with Crippen LogP contribution in [0.2, 0.25) is 0 Å². The number of hydrogen-bond donors (Lipinski definition) is 2. The Morgan fingerprint density at radius 1 is 1.37 bits per heavy atom. The number of carbonyl (C=O) groups excluding carboxylic acids is 4. The van der Waals surface area contributed by atoms with Crippen LogP contribution in [0.3, 0.4) is 0 Å². The van der Waals surface area contributed by atoms with E-state index in [2.05, 4.69) is 11.9 Å². The second kappa shape index (κ2) is 9.38. The lowest BCUT2D eigenvalue weighted by Crippen LogP contribution is -2.57. The number of ether oxygens (including phenoxy) is 1. The van der Waals surface area contributed by atoms with Crippen LogP contribution in [0, 0.1) is 0 Å². The molecule has 0 radical (unpaired) electrons. The summed E-state index contributed by atoms with van der Waals surface area (Å²) in [6, 6.07) is -1.78. The van der Waals surface area contributed by atoms with Crippen molar-refractivity contribution < 1.29 is 23.9 Å². The summed E-state index contributed by atoms with van der Waals surface area (Å²) in [7, 11) is 0. The van der Waals surface area contributed by atoms with Crippen LogP contribution in [0.4, 0.5) is 4.79 Å². The van der Waals surface area contributed by atoms with E-state index in [-0.39, 0.29) is 12.5 Å². The zero-order chi connectivity index (χ0) is 20.8. The molecule has 152 valence electrons. The molecule has 1 rings (SSSR count). The summed E-state index contributed by atoms with van der Waals surface area (Å²) in [5.74, 6) is -1.43. The van der Waals surface area contributed by atoms with Crippen molar-refractivity contribution in [3.63, 3.8) is 0 Å². The van der Waals surface area contributed by atoms with Crippen molar-refractivity contribution in [2.75, 3.05) is 19.6 Å². The van der Waals surface area contributed by atoms with Crippen molar-refractivity contribution in [3.8, 4) is 0 Å². The molecule has 0 bridgehead atoms. The minimum Gasteiger partial charge on any atom is -0.444 e. The number of primary amides is 1. The Morgan fingerprint density at radius 3 is 2.48 bits per heavy atom. The summed E-state index contributed by atoms with van der Waals surface area (Å²) < 4.78 is 5.22. The highest BCUT2D eigenvalue weighted by Gasteiger charge is 2.38. The molecule has 0 aromatic heterocycles. The van der Waals surface area contributed by atoms with Gasteiger partial charge in [0.25, 0.3) is 0 Å². The first-order chi connectivity index (χ1) is 12.5. The highest BCUT2D eigenvalue weighted by Crippen LogP contribution is 2.18. The van der Waals surface area contributed by atoms with Gasteiger partial charge in [0.05, 0.1) is 6.54 Å². The molecule has 1 unspecified atom stereocenters. The zero-order valence-electron chi connectivity index (χ0n) is 16.5. The third kappa shape index (κ3) is 6.58. The Hall–Kier alpha value is -2.58. The summed E-state index contributed by atoms with van der Waals surface area (Å²) >= 11 is 0. The second-order valence-electron chi connectivity index (χ2n) is 7.37. The van der Waals surface area contributed by atoms with E-state index in [1.54, 1.807) is 27.7 Å². The van der Waals surface area contributed by atoms with Crippen molar-refractivity contribution in [2.45, 2.75) is 58.2 Å². The van der Waals surface area contributed by atoms with E-state index in [0.717, 1.165) is 6.08 Å². The van der Waals surface area contributed by atoms with E-state index in [1.807, 2.05) is 0 Å². The van der Waals surface area contributed by atoms with Gasteiger partial charge in [-0.05, 0) is 46.6 Å². The lowest BCUT2D eigenvalue weighted by atomic mass is 10.1. The molecule has 1 saturated heterocycles. The lowest BCUT2D eigenvalue weighted by Gasteiger charge is -2.31. The monoisotopic (exact) mass is 382 g/mol. The molecule has 0 saturated carbocycles. The molecular formula is C18H30N4O5. The minimum atomic E-state index is -1.07. The van der Waals surface area contributed by atoms with Gasteiger partial charge in [-0.3, -0.25) is 14.4 Å². The summed E-state index contributed by atoms with van der Waals surface area (Å²) in [4.78, 5) is 51.5. The maximum absolute atomic E-state index is 13.0. The van der Waals surface area contributed by atoms with Crippen LogP contribution >= 0.6 is 0 Å². The van der Waals surface area contributed by atoms with Gasteiger partial charge in [-0.25, -0.2) is 4.79 Å². The number of nitrogens with two attached hydrogens (primary N) is 1. The molecule has 1 aliphatic heterocycles. The topological polar surface area (TPSA) is 122 Å². The first-order valence-corrected chi connectivity index (χ1v) is 9.00. The first kappa shape index (κ1) is 22.5. The summed E-state index contributed by atoms with van der Waals surface area (Å²) in [6.07, 6.45) is 1.48. The molecule has 0 aliphatic carbocycles. The highest BCUT2D eigenvalue weighted by atomic mass is 16.6. The number of nitrogens with one attached hydrogen (secondary N) is 1. The van der Waals surface area contributed by atoms with E-state index < -0.39 is 35.6 Å². The van der Waals surface area contributed by atoms with Crippen LogP contribution in [0.1, 0.15) is 40.5 Å². The van der Waals surface area contributed by atoms with E-state index in [1.165, 1.54) is 9.80 Å². The van der Waals surface area contributed by atoms with E-state index >= 15 is 0 Å². The number of carbonyl (C=O) groups is 4. The van der Waals surface area contributed by atoms with Gasteiger partial charge in [0.1, 0.15) is 17.7 Å². The van der Waals surface area contributed by atoms with Crippen LogP contribution in [0.25, 0.3) is 0 Å². The normalized spacial score (nSPS) is 17.8. The smallest absolute Gasteiger partial charge is 0.408 e. The third-order valence-electron chi connectivity index (χ3n) is 4.12. The Kier molecular flexibility index (Phi) is 7.81. The number of likely N-dealkylation sites (tertiary alicyclic amines) is 1. The second-order valence-corrected chi connectivity index (χ2v) is 7.37.